The molecule has 0 atom stereocenters. The SMILES string of the molecule is Cc1cn(C)c(C)c1C(=O)CCc1nc[nH]c1C.O=C(O)C=CC(=O)O. The Bertz CT molecular complexity index is 814. The Morgan fingerprint density at radius 1 is 1.15 bits per heavy atom. The van der Waals surface area contributed by atoms with Crippen LogP contribution in [0.5, 0.6) is 0 Å². The maximum atomic E-state index is 12.3. The van der Waals surface area contributed by atoms with E-state index in [4.69, 9.17) is 10.2 Å². The van der Waals surface area contributed by atoms with Gasteiger partial charge in [0.25, 0.3) is 0 Å². The Hall–Kier alpha value is -3.16. The highest BCUT2D eigenvalue weighted by atomic mass is 16.4. The number of hydrogen-bond donors (Lipinski definition) is 3. The highest BCUT2D eigenvalue weighted by Crippen LogP contribution is 2.18. The molecule has 8 nitrogen and oxygen atoms in total. The number of carbonyl (C=O) groups is 3. The first-order chi connectivity index (χ1) is 12.1. The zero-order chi connectivity index (χ0) is 19.9. The normalized spacial score (nSPS) is 10.5. The number of aromatic nitrogens is 3. The molecule has 0 saturated heterocycles. The van der Waals surface area contributed by atoms with Crippen LogP contribution in [0, 0.1) is 20.8 Å². The minimum absolute atomic E-state index is 0.202. The van der Waals surface area contributed by atoms with Crippen molar-refractivity contribution in [3.8, 4) is 0 Å². The van der Waals surface area contributed by atoms with Crippen LogP contribution in [0.1, 0.15) is 39.4 Å². The highest BCUT2D eigenvalue weighted by molar-refractivity contribution is 5.98. The van der Waals surface area contributed by atoms with Gasteiger partial charge in [-0.15, -0.1) is 0 Å². The van der Waals surface area contributed by atoms with Gasteiger partial charge in [-0.2, -0.15) is 0 Å². The number of nitrogens with zero attached hydrogens (tertiary/aromatic N) is 2. The minimum atomic E-state index is -1.26. The van der Waals surface area contributed by atoms with Crippen LogP contribution in [-0.2, 0) is 23.1 Å². The summed E-state index contributed by atoms with van der Waals surface area (Å²) in [4.78, 5) is 38.6. The van der Waals surface area contributed by atoms with E-state index in [0.29, 0.717) is 25.0 Å². The molecule has 0 fully saturated rings. The topological polar surface area (TPSA) is 125 Å². The van der Waals surface area contributed by atoms with Crippen molar-refractivity contribution in [1.29, 1.82) is 0 Å². The number of H-pyrrole nitrogens is 1. The van der Waals surface area contributed by atoms with Gasteiger partial charge < -0.3 is 19.8 Å². The average Bonchev–Trinajstić information content (AvgIpc) is 3.07. The minimum Gasteiger partial charge on any atom is -0.478 e. The van der Waals surface area contributed by atoms with Crippen LogP contribution in [0.25, 0.3) is 0 Å². The second-order valence-electron chi connectivity index (χ2n) is 5.79. The maximum Gasteiger partial charge on any atom is 0.328 e. The molecular formula is C18H23N3O5. The number of rotatable bonds is 6. The molecule has 2 aromatic rings. The molecule has 0 aromatic carbocycles. The molecule has 26 heavy (non-hydrogen) atoms. The van der Waals surface area contributed by atoms with Crippen molar-refractivity contribution in [2.45, 2.75) is 33.6 Å². The van der Waals surface area contributed by atoms with E-state index in [1.807, 2.05) is 38.6 Å². The summed E-state index contributed by atoms with van der Waals surface area (Å²) in [5.74, 6) is -2.31. The number of hydrogen-bond acceptors (Lipinski definition) is 4. The van der Waals surface area contributed by atoms with E-state index in [-0.39, 0.29) is 5.78 Å². The molecule has 2 heterocycles. The van der Waals surface area contributed by atoms with E-state index in [1.165, 1.54) is 0 Å². The number of nitrogens with one attached hydrogen (secondary N) is 1. The molecule has 2 aromatic heterocycles. The number of imidazole rings is 1. The monoisotopic (exact) mass is 361 g/mol. The average molecular weight is 361 g/mol. The smallest absolute Gasteiger partial charge is 0.328 e. The van der Waals surface area contributed by atoms with Crippen LogP contribution in [0.2, 0.25) is 0 Å². The van der Waals surface area contributed by atoms with Gasteiger partial charge >= 0.3 is 11.9 Å². The molecule has 0 radical (unpaired) electrons. The van der Waals surface area contributed by atoms with E-state index < -0.39 is 11.9 Å². The van der Waals surface area contributed by atoms with Crippen molar-refractivity contribution in [2.24, 2.45) is 7.05 Å². The van der Waals surface area contributed by atoms with E-state index in [2.05, 4.69) is 9.97 Å². The summed E-state index contributed by atoms with van der Waals surface area (Å²) in [5.41, 5.74) is 4.99. The fourth-order valence-corrected chi connectivity index (χ4v) is 2.47. The molecule has 0 saturated carbocycles. The number of aryl methyl sites for hydroxylation is 4. The molecule has 0 aliphatic carbocycles. The van der Waals surface area contributed by atoms with Crippen molar-refractivity contribution < 1.29 is 24.6 Å². The largest absolute Gasteiger partial charge is 0.478 e. The van der Waals surface area contributed by atoms with E-state index in [9.17, 15) is 14.4 Å². The van der Waals surface area contributed by atoms with Crippen molar-refractivity contribution in [2.75, 3.05) is 0 Å². The third-order valence-electron chi connectivity index (χ3n) is 3.84. The van der Waals surface area contributed by atoms with Crippen LogP contribution in [0.4, 0.5) is 0 Å². The first-order valence-corrected chi connectivity index (χ1v) is 7.92. The van der Waals surface area contributed by atoms with Gasteiger partial charge in [0.2, 0.25) is 0 Å². The summed E-state index contributed by atoms with van der Waals surface area (Å²) in [6.45, 7) is 5.95. The predicted octanol–water partition coefficient (Wildman–Crippen LogP) is 2.20. The van der Waals surface area contributed by atoms with Crippen LogP contribution < -0.4 is 0 Å². The molecule has 0 bridgehead atoms. The maximum absolute atomic E-state index is 12.3. The van der Waals surface area contributed by atoms with E-state index in [1.54, 1.807) is 6.33 Å². The van der Waals surface area contributed by atoms with Gasteiger partial charge in [0, 0.05) is 48.8 Å². The lowest BCUT2D eigenvalue weighted by Crippen LogP contribution is -2.05. The lowest BCUT2D eigenvalue weighted by molar-refractivity contribution is -0.134. The fraction of sp³-hybridized carbons (Fsp3) is 0.333. The van der Waals surface area contributed by atoms with Crippen LogP contribution in [0.3, 0.4) is 0 Å². The number of Topliss-reactive ketones (excluding diaryl/α,β-unsaturated/α-hetero) is 1. The van der Waals surface area contributed by atoms with Gasteiger partial charge in [-0.25, -0.2) is 14.6 Å². The summed E-state index contributed by atoms with van der Waals surface area (Å²) in [5, 5.41) is 15.6. The number of ketones is 1. The Morgan fingerprint density at radius 3 is 2.12 bits per heavy atom. The Morgan fingerprint density at radius 2 is 1.73 bits per heavy atom. The van der Waals surface area contributed by atoms with Gasteiger partial charge in [-0.1, -0.05) is 0 Å². The van der Waals surface area contributed by atoms with Gasteiger partial charge in [-0.05, 0) is 32.8 Å². The molecule has 8 heteroatoms. The van der Waals surface area contributed by atoms with Gasteiger partial charge in [-0.3, -0.25) is 4.79 Å². The highest BCUT2D eigenvalue weighted by Gasteiger charge is 2.16. The third kappa shape index (κ3) is 6.04. The van der Waals surface area contributed by atoms with Crippen molar-refractivity contribution in [3.05, 3.63) is 52.9 Å². The van der Waals surface area contributed by atoms with Crippen molar-refractivity contribution >= 4 is 17.7 Å². The number of carboxylic acid groups (broad SMARTS) is 2. The van der Waals surface area contributed by atoms with Crippen LogP contribution >= 0.6 is 0 Å². The molecule has 2 rings (SSSR count). The van der Waals surface area contributed by atoms with Crippen LogP contribution in [-0.4, -0.2) is 42.5 Å². The zero-order valence-corrected chi connectivity index (χ0v) is 15.2. The van der Waals surface area contributed by atoms with Crippen LogP contribution in [0.15, 0.2) is 24.7 Å². The lowest BCUT2D eigenvalue weighted by Gasteiger charge is -2.03. The van der Waals surface area contributed by atoms with E-state index in [0.717, 1.165) is 28.2 Å². The summed E-state index contributed by atoms with van der Waals surface area (Å²) in [7, 11) is 1.97. The molecule has 3 N–H and O–H groups in total. The number of aliphatic carboxylic acids is 2. The van der Waals surface area contributed by atoms with Gasteiger partial charge in [0.15, 0.2) is 5.78 Å². The quantitative estimate of drug-likeness (QED) is 0.535. The van der Waals surface area contributed by atoms with E-state index >= 15 is 0 Å². The summed E-state index contributed by atoms with van der Waals surface area (Å²) in [6, 6.07) is 0. The first kappa shape index (κ1) is 20.9. The van der Waals surface area contributed by atoms with Crippen molar-refractivity contribution in [3.63, 3.8) is 0 Å². The Labute approximate surface area is 151 Å². The standard InChI is InChI=1S/C14H19N3O.C4H4O4/c1-9-7-17(4)11(3)14(9)13(18)6-5-12-10(2)15-8-16-12;5-3(6)1-2-4(7)8/h7-8H,5-6H2,1-4H3,(H,15,16);1-2H,(H,5,6)(H,7,8). The zero-order valence-electron chi connectivity index (χ0n) is 15.2. The first-order valence-electron chi connectivity index (χ1n) is 7.92. The predicted molar refractivity (Wildman–Crippen MR) is 95.3 cm³/mol. The molecule has 0 aliphatic heterocycles. The molecular weight excluding hydrogens is 338 g/mol. The second kappa shape index (κ2) is 9.36. The fourth-order valence-electron chi connectivity index (χ4n) is 2.47. The second-order valence-corrected chi connectivity index (χ2v) is 5.79. The molecule has 0 spiro atoms. The summed E-state index contributed by atoms with van der Waals surface area (Å²) < 4.78 is 2.00. The summed E-state index contributed by atoms with van der Waals surface area (Å²) >= 11 is 0. The molecule has 0 unspecified atom stereocenters. The number of carbonyl (C=O) groups excluding carboxylic acids is 1. The Balaban J connectivity index is 0.000000359. The number of carboxylic acids is 2. The molecule has 140 valence electrons. The molecule has 0 aliphatic rings. The third-order valence-corrected chi connectivity index (χ3v) is 3.84. The molecule has 0 amide bonds. The lowest BCUT2D eigenvalue weighted by atomic mass is 10.0. The van der Waals surface area contributed by atoms with Crippen molar-refractivity contribution in [1.82, 2.24) is 14.5 Å². The summed E-state index contributed by atoms with van der Waals surface area (Å²) in [6.07, 6.45) is 6.00. The Kier molecular flexibility index (Phi) is 7.52. The number of aromatic amines is 1. The van der Waals surface area contributed by atoms with Gasteiger partial charge in [0.05, 0.1) is 12.0 Å². The van der Waals surface area contributed by atoms with Gasteiger partial charge in [0.1, 0.15) is 0 Å².